The number of esters is 1. The van der Waals surface area contributed by atoms with Crippen LogP contribution in [0.3, 0.4) is 0 Å². The number of unbranched alkanes of at least 4 members (excludes halogenated alkanes) is 1. The number of ether oxygens (including phenoxy) is 1. The summed E-state index contributed by atoms with van der Waals surface area (Å²) in [7, 11) is 0. The van der Waals surface area contributed by atoms with Gasteiger partial charge in [-0.1, -0.05) is 25.7 Å². The van der Waals surface area contributed by atoms with Crippen LogP contribution in [0, 0.1) is 0 Å². The van der Waals surface area contributed by atoms with E-state index in [2.05, 4.69) is 25.7 Å². The molecule has 0 radical (unpaired) electrons. The van der Waals surface area contributed by atoms with Gasteiger partial charge in [-0.25, -0.2) is 4.79 Å². The number of hydrogen-bond acceptors (Lipinski definition) is 2. The predicted molar refractivity (Wildman–Crippen MR) is 54.4 cm³/mol. The molecule has 2 heteroatoms. The summed E-state index contributed by atoms with van der Waals surface area (Å²) in [6, 6.07) is 0. The highest BCUT2D eigenvalue weighted by Gasteiger charge is 2.00. The lowest BCUT2D eigenvalue weighted by atomic mass is 10.3. The molecule has 0 saturated carbocycles. The summed E-state index contributed by atoms with van der Waals surface area (Å²) in [5.41, 5.74) is 0.462. The Morgan fingerprint density at radius 1 is 1.46 bits per heavy atom. The van der Waals surface area contributed by atoms with E-state index in [4.69, 9.17) is 4.74 Å². The van der Waals surface area contributed by atoms with Crippen molar-refractivity contribution in [2.75, 3.05) is 6.61 Å². The smallest absolute Gasteiger partial charge is 0.333 e. The van der Waals surface area contributed by atoms with Gasteiger partial charge in [-0.15, -0.1) is 0 Å². The van der Waals surface area contributed by atoms with Gasteiger partial charge in [0.15, 0.2) is 0 Å². The van der Waals surface area contributed by atoms with Gasteiger partial charge in [0.1, 0.15) is 0 Å². The highest BCUT2D eigenvalue weighted by atomic mass is 16.5. The van der Waals surface area contributed by atoms with E-state index in [9.17, 15) is 4.79 Å². The SMILES string of the molecule is C=C(C)C(=O)OCCC/C=C/CC. The van der Waals surface area contributed by atoms with Crippen LogP contribution >= 0.6 is 0 Å². The molecule has 0 aromatic carbocycles. The van der Waals surface area contributed by atoms with Crippen LogP contribution in [0.5, 0.6) is 0 Å². The van der Waals surface area contributed by atoms with Crippen LogP contribution in [0.25, 0.3) is 0 Å². The van der Waals surface area contributed by atoms with Crippen LogP contribution in [0.4, 0.5) is 0 Å². The Hall–Kier alpha value is -1.05. The van der Waals surface area contributed by atoms with Gasteiger partial charge in [-0.05, 0) is 26.2 Å². The van der Waals surface area contributed by atoms with Crippen LogP contribution in [0.15, 0.2) is 24.3 Å². The van der Waals surface area contributed by atoms with Gasteiger partial charge in [-0.2, -0.15) is 0 Å². The number of carbonyl (C=O) groups is 1. The van der Waals surface area contributed by atoms with Crippen molar-refractivity contribution in [2.45, 2.75) is 33.1 Å². The monoisotopic (exact) mass is 182 g/mol. The molecule has 0 heterocycles. The molecule has 2 nitrogen and oxygen atoms in total. The summed E-state index contributed by atoms with van der Waals surface area (Å²) in [5.74, 6) is -0.292. The number of rotatable bonds is 6. The maximum atomic E-state index is 10.9. The molecule has 0 bridgehead atoms. The van der Waals surface area contributed by atoms with E-state index in [1.165, 1.54) is 0 Å². The molecular formula is C11H18O2. The average molecular weight is 182 g/mol. The van der Waals surface area contributed by atoms with E-state index >= 15 is 0 Å². The van der Waals surface area contributed by atoms with Crippen LogP contribution in [-0.2, 0) is 9.53 Å². The molecule has 74 valence electrons. The minimum atomic E-state index is -0.292. The van der Waals surface area contributed by atoms with Gasteiger partial charge in [0, 0.05) is 5.57 Å². The normalized spacial score (nSPS) is 10.3. The van der Waals surface area contributed by atoms with Crippen molar-refractivity contribution in [3.63, 3.8) is 0 Å². The zero-order valence-corrected chi connectivity index (χ0v) is 8.51. The van der Waals surface area contributed by atoms with Gasteiger partial charge in [0.05, 0.1) is 6.61 Å². The summed E-state index contributed by atoms with van der Waals surface area (Å²) in [6.45, 7) is 7.73. The summed E-state index contributed by atoms with van der Waals surface area (Å²) in [4.78, 5) is 10.9. The fourth-order valence-corrected chi connectivity index (χ4v) is 0.774. The van der Waals surface area contributed by atoms with Gasteiger partial charge in [0.2, 0.25) is 0 Å². The van der Waals surface area contributed by atoms with Crippen molar-refractivity contribution in [1.82, 2.24) is 0 Å². The molecule has 0 aliphatic carbocycles. The van der Waals surface area contributed by atoms with E-state index in [-0.39, 0.29) is 5.97 Å². The first-order valence-corrected chi connectivity index (χ1v) is 4.66. The third-order valence-corrected chi connectivity index (χ3v) is 1.50. The minimum absolute atomic E-state index is 0.292. The van der Waals surface area contributed by atoms with E-state index in [1.807, 2.05) is 0 Å². The Balaban J connectivity index is 3.31. The predicted octanol–water partition coefficient (Wildman–Crippen LogP) is 2.85. The molecule has 0 atom stereocenters. The molecule has 0 spiro atoms. The molecule has 0 saturated heterocycles. The average Bonchev–Trinajstić information content (AvgIpc) is 2.10. The lowest BCUT2D eigenvalue weighted by Gasteiger charge is -2.01. The van der Waals surface area contributed by atoms with Crippen molar-refractivity contribution >= 4 is 5.97 Å². The van der Waals surface area contributed by atoms with E-state index < -0.39 is 0 Å². The Bertz CT molecular complexity index is 192. The van der Waals surface area contributed by atoms with Gasteiger partial charge >= 0.3 is 5.97 Å². The topological polar surface area (TPSA) is 26.3 Å². The second-order valence-electron chi connectivity index (χ2n) is 2.94. The lowest BCUT2D eigenvalue weighted by molar-refractivity contribution is -0.139. The molecule has 0 rings (SSSR count). The van der Waals surface area contributed by atoms with Gasteiger partial charge in [0.25, 0.3) is 0 Å². The van der Waals surface area contributed by atoms with E-state index in [0.29, 0.717) is 12.2 Å². The summed E-state index contributed by atoms with van der Waals surface area (Å²) >= 11 is 0. The molecule has 0 N–H and O–H groups in total. The highest BCUT2D eigenvalue weighted by molar-refractivity contribution is 5.86. The maximum Gasteiger partial charge on any atom is 0.333 e. The fraction of sp³-hybridized carbons (Fsp3) is 0.545. The second kappa shape index (κ2) is 7.59. The highest BCUT2D eigenvalue weighted by Crippen LogP contribution is 1.97. The number of carbonyl (C=O) groups excluding carboxylic acids is 1. The molecule has 0 fully saturated rings. The molecule has 0 aromatic heterocycles. The van der Waals surface area contributed by atoms with Crippen molar-refractivity contribution in [3.8, 4) is 0 Å². The Kier molecular flexibility index (Phi) is 6.98. The Labute approximate surface area is 80.3 Å². The molecule has 0 aliphatic rings. The largest absolute Gasteiger partial charge is 0.462 e. The molecule has 13 heavy (non-hydrogen) atoms. The molecule has 0 aromatic rings. The summed E-state index contributed by atoms with van der Waals surface area (Å²) in [6.07, 6.45) is 7.13. The molecule has 0 amide bonds. The number of allylic oxidation sites excluding steroid dienone is 2. The zero-order chi connectivity index (χ0) is 10.1. The second-order valence-corrected chi connectivity index (χ2v) is 2.94. The first-order chi connectivity index (χ1) is 6.18. The minimum Gasteiger partial charge on any atom is -0.462 e. The van der Waals surface area contributed by atoms with Crippen LogP contribution < -0.4 is 0 Å². The first-order valence-electron chi connectivity index (χ1n) is 4.66. The quantitative estimate of drug-likeness (QED) is 0.273. The van der Waals surface area contributed by atoms with Crippen LogP contribution in [0.1, 0.15) is 33.1 Å². The summed E-state index contributed by atoms with van der Waals surface area (Å²) in [5, 5.41) is 0. The van der Waals surface area contributed by atoms with Crippen LogP contribution in [-0.4, -0.2) is 12.6 Å². The molecular weight excluding hydrogens is 164 g/mol. The Morgan fingerprint density at radius 2 is 2.15 bits per heavy atom. The lowest BCUT2D eigenvalue weighted by Crippen LogP contribution is -2.05. The maximum absolute atomic E-state index is 10.9. The van der Waals surface area contributed by atoms with Crippen molar-refractivity contribution in [1.29, 1.82) is 0 Å². The molecule has 0 aliphatic heterocycles. The zero-order valence-electron chi connectivity index (χ0n) is 8.51. The fourth-order valence-electron chi connectivity index (χ4n) is 0.774. The van der Waals surface area contributed by atoms with Gasteiger partial charge < -0.3 is 4.74 Å². The molecule has 0 unspecified atom stereocenters. The number of hydrogen-bond donors (Lipinski definition) is 0. The first kappa shape index (κ1) is 11.9. The third-order valence-electron chi connectivity index (χ3n) is 1.50. The Morgan fingerprint density at radius 3 is 2.69 bits per heavy atom. The third kappa shape index (κ3) is 7.32. The van der Waals surface area contributed by atoms with Crippen molar-refractivity contribution in [3.05, 3.63) is 24.3 Å². The van der Waals surface area contributed by atoms with Crippen molar-refractivity contribution < 1.29 is 9.53 Å². The van der Waals surface area contributed by atoms with Crippen LogP contribution in [0.2, 0.25) is 0 Å². The standard InChI is InChI=1S/C11H18O2/c1-4-5-6-7-8-9-13-11(12)10(2)3/h5-6H,2,4,7-9H2,1,3H3/b6-5+. The van der Waals surface area contributed by atoms with Gasteiger partial charge in [-0.3, -0.25) is 0 Å². The van der Waals surface area contributed by atoms with E-state index in [0.717, 1.165) is 19.3 Å². The summed E-state index contributed by atoms with van der Waals surface area (Å²) < 4.78 is 4.91. The van der Waals surface area contributed by atoms with E-state index in [1.54, 1.807) is 6.92 Å². The van der Waals surface area contributed by atoms with Crippen molar-refractivity contribution in [2.24, 2.45) is 0 Å².